The molecule has 0 radical (unpaired) electrons. The molecule has 0 atom stereocenters. The molecule has 0 fully saturated rings. The molecule has 2 amide bonds. The molecule has 188 valence electrons. The van der Waals surface area contributed by atoms with Gasteiger partial charge in [-0.3, -0.25) is 9.59 Å². The third-order valence-corrected chi connectivity index (χ3v) is 5.80. The lowest BCUT2D eigenvalue weighted by Crippen LogP contribution is -2.46. The fourth-order valence-corrected chi connectivity index (χ4v) is 4.16. The smallest absolute Gasteiger partial charge is 0.407 e. The Morgan fingerprint density at radius 1 is 1.00 bits per heavy atom. The first-order chi connectivity index (χ1) is 16.4. The van der Waals surface area contributed by atoms with Crippen molar-refractivity contribution in [1.82, 2.24) is 10.2 Å². The van der Waals surface area contributed by atoms with Crippen molar-refractivity contribution in [2.75, 3.05) is 19.7 Å². The number of carbonyl (C=O) groups excluding carboxylic acids is 2. The van der Waals surface area contributed by atoms with Crippen molar-refractivity contribution < 1.29 is 37.4 Å². The zero-order chi connectivity index (χ0) is 25.8. The highest BCUT2D eigenvalue weighted by Crippen LogP contribution is 2.44. The summed E-state index contributed by atoms with van der Waals surface area (Å²) in [5.74, 6) is -2.64. The van der Waals surface area contributed by atoms with Crippen LogP contribution in [0.4, 0.5) is 18.0 Å². The van der Waals surface area contributed by atoms with Crippen LogP contribution in [0.3, 0.4) is 0 Å². The summed E-state index contributed by atoms with van der Waals surface area (Å²) in [4.78, 5) is 35.8. The maximum atomic E-state index is 12.7. The number of halogens is 3. The van der Waals surface area contributed by atoms with Crippen LogP contribution in [-0.2, 0) is 14.3 Å². The Morgan fingerprint density at radius 2 is 1.54 bits per heavy atom. The number of amides is 2. The second-order valence-electron chi connectivity index (χ2n) is 9.09. The number of hydrogen-bond donors (Lipinski definition) is 2. The van der Waals surface area contributed by atoms with Crippen molar-refractivity contribution in [2.45, 2.75) is 44.3 Å². The van der Waals surface area contributed by atoms with Crippen molar-refractivity contribution in [2.24, 2.45) is 0 Å². The maximum Gasteiger partial charge on any atom is 0.407 e. The van der Waals surface area contributed by atoms with Gasteiger partial charge in [0.15, 0.2) is 0 Å². The average Bonchev–Trinajstić information content (AvgIpc) is 3.08. The molecule has 0 unspecified atom stereocenters. The van der Waals surface area contributed by atoms with E-state index in [4.69, 9.17) is 9.84 Å². The number of ether oxygens (including phenoxy) is 1. The molecule has 0 aliphatic heterocycles. The predicted molar refractivity (Wildman–Crippen MR) is 122 cm³/mol. The van der Waals surface area contributed by atoms with E-state index >= 15 is 0 Å². The topological polar surface area (TPSA) is 95.9 Å². The van der Waals surface area contributed by atoms with Gasteiger partial charge in [-0.1, -0.05) is 48.5 Å². The van der Waals surface area contributed by atoms with Crippen molar-refractivity contribution >= 4 is 18.0 Å². The number of carboxylic acids is 1. The molecule has 10 heteroatoms. The van der Waals surface area contributed by atoms with Gasteiger partial charge in [0.05, 0.1) is 0 Å². The highest BCUT2D eigenvalue weighted by molar-refractivity contribution is 5.81. The molecule has 1 aliphatic carbocycles. The second kappa shape index (κ2) is 10.4. The second-order valence-corrected chi connectivity index (χ2v) is 9.09. The molecule has 0 heterocycles. The molecule has 2 N–H and O–H groups in total. The summed E-state index contributed by atoms with van der Waals surface area (Å²) in [6.45, 7) is 0.587. The molecule has 0 bridgehead atoms. The Kier molecular flexibility index (Phi) is 7.72. The van der Waals surface area contributed by atoms with Crippen molar-refractivity contribution in [3.8, 4) is 11.1 Å². The standard InChI is InChI=1S/C25H27F3N2O5/c1-24(2,12-11-21(31)30(13-22(32)33)15-25(26,27)28)29-23(34)35-14-20-18-9-5-3-7-16(18)17-8-4-6-10-19(17)20/h3-10,20H,11-15H2,1-2H3,(H,29,34)(H,32,33). The van der Waals surface area contributed by atoms with Gasteiger partial charge >= 0.3 is 18.2 Å². The number of carboxylic acid groups (broad SMARTS) is 1. The third-order valence-electron chi connectivity index (χ3n) is 5.80. The van der Waals surface area contributed by atoms with Gasteiger partial charge < -0.3 is 20.1 Å². The summed E-state index contributed by atoms with van der Waals surface area (Å²) >= 11 is 0. The van der Waals surface area contributed by atoms with E-state index in [1.54, 1.807) is 13.8 Å². The van der Waals surface area contributed by atoms with E-state index in [0.717, 1.165) is 22.3 Å². The number of nitrogens with one attached hydrogen (secondary N) is 1. The fraction of sp³-hybridized carbons (Fsp3) is 0.400. The maximum absolute atomic E-state index is 12.7. The van der Waals surface area contributed by atoms with Gasteiger partial charge in [-0.25, -0.2) is 4.79 Å². The van der Waals surface area contributed by atoms with E-state index in [1.807, 2.05) is 48.5 Å². The molecule has 35 heavy (non-hydrogen) atoms. The molecule has 1 aliphatic rings. The quantitative estimate of drug-likeness (QED) is 0.535. The molecule has 7 nitrogen and oxygen atoms in total. The Labute approximate surface area is 200 Å². The Balaban J connectivity index is 1.56. The van der Waals surface area contributed by atoms with Crippen molar-refractivity contribution in [3.05, 3.63) is 59.7 Å². The lowest BCUT2D eigenvalue weighted by atomic mass is 9.98. The largest absolute Gasteiger partial charge is 0.480 e. The van der Waals surface area contributed by atoms with E-state index < -0.39 is 42.8 Å². The minimum absolute atomic E-state index is 0.00992. The average molecular weight is 492 g/mol. The van der Waals surface area contributed by atoms with Crippen LogP contribution in [0.5, 0.6) is 0 Å². The van der Waals surface area contributed by atoms with E-state index in [1.165, 1.54) is 0 Å². The SMILES string of the molecule is CC(C)(CCC(=O)N(CC(=O)O)CC(F)(F)F)NC(=O)OCC1c2ccccc2-c2ccccc21. The normalized spacial score (nSPS) is 13.1. The highest BCUT2D eigenvalue weighted by Gasteiger charge is 2.35. The molecular formula is C25H27F3N2O5. The van der Waals surface area contributed by atoms with Crippen LogP contribution in [0, 0.1) is 0 Å². The summed E-state index contributed by atoms with van der Waals surface area (Å²) in [6, 6.07) is 15.7. The fourth-order valence-electron chi connectivity index (χ4n) is 4.16. The zero-order valence-corrected chi connectivity index (χ0v) is 19.4. The molecule has 3 rings (SSSR count). The molecule has 0 aromatic heterocycles. The van der Waals surface area contributed by atoms with Gasteiger partial charge in [-0.2, -0.15) is 13.2 Å². The first-order valence-corrected chi connectivity index (χ1v) is 11.1. The van der Waals surface area contributed by atoms with E-state index in [9.17, 15) is 27.6 Å². The van der Waals surface area contributed by atoms with Crippen LogP contribution in [0.15, 0.2) is 48.5 Å². The number of fused-ring (bicyclic) bond motifs is 3. The highest BCUT2D eigenvalue weighted by atomic mass is 19.4. The van der Waals surface area contributed by atoms with Crippen LogP contribution in [-0.4, -0.2) is 59.4 Å². The molecule has 0 spiro atoms. The first-order valence-electron chi connectivity index (χ1n) is 11.1. The van der Waals surface area contributed by atoms with E-state index in [-0.39, 0.29) is 30.3 Å². The minimum Gasteiger partial charge on any atom is -0.480 e. The molecule has 2 aromatic rings. The molecule has 0 saturated heterocycles. The van der Waals surface area contributed by atoms with E-state index in [2.05, 4.69) is 5.32 Å². The number of alkyl halides is 3. The van der Waals surface area contributed by atoms with Crippen LogP contribution in [0.1, 0.15) is 43.7 Å². The zero-order valence-electron chi connectivity index (χ0n) is 19.4. The van der Waals surface area contributed by atoms with Crippen LogP contribution in [0.2, 0.25) is 0 Å². The number of rotatable bonds is 9. The Bertz CT molecular complexity index is 1060. The van der Waals surface area contributed by atoms with Gasteiger partial charge in [0.2, 0.25) is 5.91 Å². The summed E-state index contributed by atoms with van der Waals surface area (Å²) < 4.78 is 43.6. The summed E-state index contributed by atoms with van der Waals surface area (Å²) in [6.07, 6.45) is -5.83. The minimum atomic E-state index is -4.72. The Morgan fingerprint density at radius 3 is 2.06 bits per heavy atom. The van der Waals surface area contributed by atoms with Gasteiger partial charge in [0, 0.05) is 17.9 Å². The van der Waals surface area contributed by atoms with Crippen molar-refractivity contribution in [3.63, 3.8) is 0 Å². The number of carbonyl (C=O) groups is 3. The van der Waals surface area contributed by atoms with Crippen LogP contribution in [0.25, 0.3) is 11.1 Å². The molecular weight excluding hydrogens is 465 g/mol. The van der Waals surface area contributed by atoms with Gasteiger partial charge in [0.25, 0.3) is 0 Å². The number of aliphatic carboxylic acids is 1. The molecule has 0 saturated carbocycles. The number of nitrogens with zero attached hydrogens (tertiary/aromatic N) is 1. The van der Waals surface area contributed by atoms with Gasteiger partial charge in [-0.05, 0) is 42.5 Å². The number of benzene rings is 2. The lowest BCUT2D eigenvalue weighted by Gasteiger charge is -2.28. The van der Waals surface area contributed by atoms with Crippen LogP contribution >= 0.6 is 0 Å². The monoisotopic (exact) mass is 492 g/mol. The van der Waals surface area contributed by atoms with Gasteiger partial charge in [0.1, 0.15) is 19.7 Å². The number of alkyl carbamates (subject to hydrolysis) is 1. The summed E-state index contributed by atoms with van der Waals surface area (Å²) in [5.41, 5.74) is 3.29. The summed E-state index contributed by atoms with van der Waals surface area (Å²) in [5, 5.41) is 11.5. The number of hydrogen-bond acceptors (Lipinski definition) is 4. The summed E-state index contributed by atoms with van der Waals surface area (Å²) in [7, 11) is 0. The third kappa shape index (κ3) is 6.97. The lowest BCUT2D eigenvalue weighted by molar-refractivity contribution is -0.165. The van der Waals surface area contributed by atoms with E-state index in [0.29, 0.717) is 0 Å². The predicted octanol–water partition coefficient (Wildman–Crippen LogP) is 4.56. The first kappa shape index (κ1) is 26.1. The van der Waals surface area contributed by atoms with Crippen molar-refractivity contribution in [1.29, 1.82) is 0 Å². The van der Waals surface area contributed by atoms with Gasteiger partial charge in [-0.15, -0.1) is 0 Å². The molecule has 2 aromatic carbocycles. The van der Waals surface area contributed by atoms with Crippen LogP contribution < -0.4 is 5.32 Å². The Hall–Kier alpha value is -3.56.